The van der Waals surface area contributed by atoms with Gasteiger partial charge in [-0.05, 0) is 31.7 Å². The first kappa shape index (κ1) is 13.7. The van der Waals surface area contributed by atoms with Gasteiger partial charge in [-0.1, -0.05) is 18.5 Å². The van der Waals surface area contributed by atoms with Crippen LogP contribution in [0.3, 0.4) is 0 Å². The van der Waals surface area contributed by atoms with Crippen molar-refractivity contribution in [2.45, 2.75) is 31.4 Å². The Labute approximate surface area is 113 Å². The van der Waals surface area contributed by atoms with Crippen LogP contribution in [-0.4, -0.2) is 26.4 Å². The third-order valence-corrected chi connectivity index (χ3v) is 3.89. The molecule has 0 spiro atoms. The number of fused-ring (bicyclic) bond motifs is 1. The molecule has 4 heteroatoms. The van der Waals surface area contributed by atoms with E-state index in [0.717, 1.165) is 29.2 Å². The molecule has 1 aromatic carbocycles. The van der Waals surface area contributed by atoms with Gasteiger partial charge >= 0.3 is 0 Å². The van der Waals surface area contributed by atoms with Crippen LogP contribution in [0.15, 0.2) is 18.2 Å². The summed E-state index contributed by atoms with van der Waals surface area (Å²) in [6, 6.07) is 6.04. The van der Waals surface area contributed by atoms with E-state index in [1.807, 2.05) is 25.2 Å². The van der Waals surface area contributed by atoms with E-state index in [2.05, 4.69) is 12.2 Å². The quantitative estimate of drug-likeness (QED) is 0.911. The van der Waals surface area contributed by atoms with E-state index >= 15 is 0 Å². The summed E-state index contributed by atoms with van der Waals surface area (Å²) in [6.45, 7) is 2.73. The van der Waals surface area contributed by atoms with Crippen LogP contribution in [0.5, 0.6) is 5.75 Å². The molecule has 0 saturated carbocycles. The molecule has 100 valence electrons. The third-order valence-electron chi connectivity index (χ3n) is 3.65. The van der Waals surface area contributed by atoms with E-state index in [4.69, 9.17) is 21.1 Å². The summed E-state index contributed by atoms with van der Waals surface area (Å²) in [5.41, 5.74) is 0.883. The van der Waals surface area contributed by atoms with Gasteiger partial charge in [0.1, 0.15) is 11.4 Å². The predicted octanol–water partition coefficient (Wildman–Crippen LogP) is 3.18. The second kappa shape index (κ2) is 5.47. The number of hydrogen-bond acceptors (Lipinski definition) is 3. The molecule has 0 saturated heterocycles. The van der Waals surface area contributed by atoms with E-state index in [9.17, 15) is 0 Å². The van der Waals surface area contributed by atoms with Crippen LogP contribution in [-0.2, 0) is 4.74 Å². The van der Waals surface area contributed by atoms with Gasteiger partial charge in [0.25, 0.3) is 0 Å². The summed E-state index contributed by atoms with van der Waals surface area (Å²) in [6.07, 6.45) is 1.81. The van der Waals surface area contributed by atoms with Crippen LogP contribution >= 0.6 is 11.6 Å². The highest BCUT2D eigenvalue weighted by Crippen LogP contribution is 2.42. The lowest BCUT2D eigenvalue weighted by Crippen LogP contribution is -2.46. The van der Waals surface area contributed by atoms with Crippen molar-refractivity contribution in [1.29, 1.82) is 0 Å². The lowest BCUT2D eigenvalue weighted by molar-refractivity contribution is -0.0364. The van der Waals surface area contributed by atoms with Crippen molar-refractivity contribution in [3.05, 3.63) is 28.8 Å². The fraction of sp³-hybridized carbons (Fsp3) is 0.571. The van der Waals surface area contributed by atoms with Gasteiger partial charge < -0.3 is 14.8 Å². The Hall–Kier alpha value is -0.770. The van der Waals surface area contributed by atoms with Crippen LogP contribution in [0.1, 0.15) is 31.4 Å². The van der Waals surface area contributed by atoms with Gasteiger partial charge in [-0.15, -0.1) is 0 Å². The van der Waals surface area contributed by atoms with Gasteiger partial charge in [0.15, 0.2) is 0 Å². The molecule has 1 heterocycles. The zero-order valence-corrected chi connectivity index (χ0v) is 11.9. The molecule has 0 bridgehead atoms. The Morgan fingerprint density at radius 3 is 2.94 bits per heavy atom. The average molecular weight is 270 g/mol. The van der Waals surface area contributed by atoms with Crippen molar-refractivity contribution in [2.75, 3.05) is 20.8 Å². The number of benzene rings is 1. The molecule has 1 aliphatic rings. The summed E-state index contributed by atoms with van der Waals surface area (Å²) in [4.78, 5) is 0. The molecule has 2 atom stereocenters. The molecule has 0 aromatic heterocycles. The predicted molar refractivity (Wildman–Crippen MR) is 73.4 cm³/mol. The number of nitrogens with one attached hydrogen (secondary N) is 1. The van der Waals surface area contributed by atoms with Crippen molar-refractivity contribution in [3.63, 3.8) is 0 Å². The Bertz CT molecular complexity index is 424. The molecule has 2 rings (SSSR count). The van der Waals surface area contributed by atoms with Crippen LogP contribution < -0.4 is 10.1 Å². The summed E-state index contributed by atoms with van der Waals surface area (Å²) >= 11 is 6.06. The van der Waals surface area contributed by atoms with Crippen LogP contribution in [0.25, 0.3) is 0 Å². The highest BCUT2D eigenvalue weighted by Gasteiger charge is 2.39. The molecule has 0 aliphatic carbocycles. The minimum atomic E-state index is -0.247. The van der Waals surface area contributed by atoms with Gasteiger partial charge in [-0.2, -0.15) is 0 Å². The van der Waals surface area contributed by atoms with Crippen molar-refractivity contribution in [3.8, 4) is 5.75 Å². The normalized spacial score (nSPS) is 26.6. The minimum Gasteiger partial charge on any atom is -0.484 e. The lowest BCUT2D eigenvalue weighted by Gasteiger charge is -2.41. The Morgan fingerprint density at radius 2 is 2.33 bits per heavy atom. The molecule has 1 aromatic rings. The van der Waals surface area contributed by atoms with Crippen molar-refractivity contribution >= 4 is 11.6 Å². The highest BCUT2D eigenvalue weighted by molar-refractivity contribution is 6.30. The fourth-order valence-electron chi connectivity index (χ4n) is 2.57. The molecule has 1 aliphatic heterocycles. The number of halogens is 1. The van der Waals surface area contributed by atoms with E-state index in [1.165, 1.54) is 0 Å². The average Bonchev–Trinajstić information content (AvgIpc) is 2.38. The van der Waals surface area contributed by atoms with Gasteiger partial charge in [0, 0.05) is 30.2 Å². The fourth-order valence-corrected chi connectivity index (χ4v) is 2.75. The lowest BCUT2D eigenvalue weighted by atomic mass is 9.86. The first-order valence-electron chi connectivity index (χ1n) is 6.29. The first-order valence-corrected chi connectivity index (χ1v) is 6.66. The standard InChI is InChI=1S/C14H20ClNO2/c1-4-14(9-17-3)8-12(16-2)11-7-10(15)5-6-13(11)18-14/h5-7,12,16H,4,8-9H2,1-3H3. The molecule has 2 unspecified atom stereocenters. The van der Waals surface area contributed by atoms with E-state index in [-0.39, 0.29) is 11.6 Å². The van der Waals surface area contributed by atoms with Crippen molar-refractivity contribution in [1.82, 2.24) is 5.32 Å². The largest absolute Gasteiger partial charge is 0.484 e. The molecular formula is C14H20ClNO2. The Kier molecular flexibility index (Phi) is 4.15. The molecule has 0 fully saturated rings. The third kappa shape index (κ3) is 2.48. The maximum Gasteiger partial charge on any atom is 0.134 e. The molecule has 18 heavy (non-hydrogen) atoms. The number of hydrogen-bond donors (Lipinski definition) is 1. The van der Waals surface area contributed by atoms with Gasteiger partial charge in [-0.25, -0.2) is 0 Å². The molecular weight excluding hydrogens is 250 g/mol. The van der Waals surface area contributed by atoms with E-state index in [0.29, 0.717) is 6.61 Å². The van der Waals surface area contributed by atoms with Gasteiger partial charge in [-0.3, -0.25) is 0 Å². The first-order chi connectivity index (χ1) is 8.64. The van der Waals surface area contributed by atoms with E-state index in [1.54, 1.807) is 7.11 Å². The summed E-state index contributed by atoms with van der Waals surface area (Å²) in [5.74, 6) is 0.906. The second-order valence-corrected chi connectivity index (χ2v) is 5.24. The monoisotopic (exact) mass is 269 g/mol. The SMILES string of the molecule is CCC1(COC)CC(NC)c2cc(Cl)ccc2O1. The Morgan fingerprint density at radius 1 is 1.56 bits per heavy atom. The zero-order valence-electron chi connectivity index (χ0n) is 11.1. The topological polar surface area (TPSA) is 30.5 Å². The molecule has 1 N–H and O–H groups in total. The van der Waals surface area contributed by atoms with Crippen LogP contribution in [0.4, 0.5) is 0 Å². The zero-order chi connectivity index (χ0) is 13.2. The maximum absolute atomic E-state index is 6.17. The molecule has 3 nitrogen and oxygen atoms in total. The maximum atomic E-state index is 6.17. The Balaban J connectivity index is 2.38. The van der Waals surface area contributed by atoms with Gasteiger partial charge in [0.2, 0.25) is 0 Å². The van der Waals surface area contributed by atoms with E-state index < -0.39 is 0 Å². The highest BCUT2D eigenvalue weighted by atomic mass is 35.5. The smallest absolute Gasteiger partial charge is 0.134 e. The number of rotatable bonds is 4. The molecule has 0 radical (unpaired) electrons. The molecule has 0 amide bonds. The van der Waals surface area contributed by atoms with Crippen LogP contribution in [0.2, 0.25) is 5.02 Å². The summed E-state index contributed by atoms with van der Waals surface area (Å²) in [7, 11) is 3.68. The summed E-state index contributed by atoms with van der Waals surface area (Å²) in [5, 5.41) is 4.08. The summed E-state index contributed by atoms with van der Waals surface area (Å²) < 4.78 is 11.5. The number of methoxy groups -OCH3 is 1. The minimum absolute atomic E-state index is 0.247. The van der Waals surface area contributed by atoms with Crippen molar-refractivity contribution in [2.24, 2.45) is 0 Å². The van der Waals surface area contributed by atoms with Gasteiger partial charge in [0.05, 0.1) is 6.61 Å². The van der Waals surface area contributed by atoms with Crippen molar-refractivity contribution < 1.29 is 9.47 Å². The number of ether oxygens (including phenoxy) is 2. The second-order valence-electron chi connectivity index (χ2n) is 4.80. The van der Waals surface area contributed by atoms with Crippen LogP contribution in [0, 0.1) is 0 Å².